The molecule has 40 heavy (non-hydrogen) atoms. The Morgan fingerprint density at radius 3 is 2.25 bits per heavy atom. The van der Waals surface area contributed by atoms with E-state index in [0.29, 0.717) is 16.3 Å². The first kappa shape index (κ1) is 31.0. The van der Waals surface area contributed by atoms with E-state index in [1.807, 2.05) is 51.1 Å². The summed E-state index contributed by atoms with van der Waals surface area (Å²) in [6, 6.07) is 20.4. The average molecular weight is 586 g/mol. The fourth-order valence-corrected chi connectivity index (χ4v) is 5.37. The number of halogens is 1. The number of methoxy groups -OCH3 is 1. The highest BCUT2D eigenvalue weighted by atomic mass is 35.5. The van der Waals surface area contributed by atoms with Crippen LogP contribution < -0.4 is 14.4 Å². The third-order valence-electron chi connectivity index (χ3n) is 6.28. The van der Waals surface area contributed by atoms with Crippen molar-refractivity contribution >= 4 is 39.1 Å². The maximum atomic E-state index is 14.2. The van der Waals surface area contributed by atoms with Crippen LogP contribution in [0.4, 0.5) is 5.69 Å². The topological polar surface area (TPSA) is 96.0 Å². The highest BCUT2D eigenvalue weighted by Gasteiger charge is 2.34. The van der Waals surface area contributed by atoms with Gasteiger partial charge in [0.25, 0.3) is 0 Å². The van der Waals surface area contributed by atoms with E-state index in [2.05, 4.69) is 5.32 Å². The second-order valence-corrected chi connectivity index (χ2v) is 12.2. The lowest BCUT2D eigenvalue weighted by atomic mass is 10.0. The van der Waals surface area contributed by atoms with Crippen molar-refractivity contribution in [3.8, 4) is 5.75 Å². The van der Waals surface area contributed by atoms with Crippen LogP contribution >= 0.6 is 11.6 Å². The van der Waals surface area contributed by atoms with Crippen LogP contribution in [0.5, 0.6) is 5.75 Å². The molecule has 10 heteroatoms. The highest BCUT2D eigenvalue weighted by molar-refractivity contribution is 7.92. The number of carbonyl (C=O) groups is 2. The first-order valence-corrected chi connectivity index (χ1v) is 15.1. The number of benzene rings is 3. The monoisotopic (exact) mass is 585 g/mol. The minimum absolute atomic E-state index is 0.00404. The average Bonchev–Trinajstić information content (AvgIpc) is 2.89. The standard InChI is InChI=1S/C30H36ClN3O5S/c1-21(2)32-30(36)27(18-23-11-7-6-8-12-23)33(19-24-13-9-10-14-25(24)31)29(35)20-34(40(5,37)38)26-17-22(3)15-16-28(26)39-4/h6-17,21,27H,18-20H2,1-5H3,(H,32,36)/t27-/m0/s1. The maximum Gasteiger partial charge on any atom is 0.244 e. The van der Waals surface area contributed by atoms with Gasteiger partial charge in [0, 0.05) is 24.0 Å². The molecule has 0 heterocycles. The van der Waals surface area contributed by atoms with Crippen molar-refractivity contribution in [1.82, 2.24) is 10.2 Å². The third-order valence-corrected chi connectivity index (χ3v) is 7.78. The number of hydrogen-bond acceptors (Lipinski definition) is 5. The van der Waals surface area contributed by atoms with Gasteiger partial charge in [0.05, 0.1) is 19.1 Å². The normalized spacial score (nSPS) is 12.1. The fraction of sp³-hybridized carbons (Fsp3) is 0.333. The maximum absolute atomic E-state index is 14.2. The number of nitrogens with zero attached hydrogens (tertiary/aromatic N) is 2. The first-order chi connectivity index (χ1) is 18.9. The van der Waals surface area contributed by atoms with Gasteiger partial charge in [0.15, 0.2) is 0 Å². The Morgan fingerprint density at radius 1 is 1.00 bits per heavy atom. The van der Waals surface area contributed by atoms with Crippen molar-refractivity contribution < 1.29 is 22.7 Å². The lowest BCUT2D eigenvalue weighted by molar-refractivity contribution is -0.140. The van der Waals surface area contributed by atoms with Gasteiger partial charge in [0.2, 0.25) is 21.8 Å². The van der Waals surface area contributed by atoms with Crippen LogP contribution in [-0.4, -0.2) is 57.1 Å². The van der Waals surface area contributed by atoms with Crippen molar-refractivity contribution in [1.29, 1.82) is 0 Å². The van der Waals surface area contributed by atoms with E-state index in [4.69, 9.17) is 16.3 Å². The predicted octanol–water partition coefficient (Wildman–Crippen LogP) is 4.59. The van der Waals surface area contributed by atoms with Crippen LogP contribution in [-0.2, 0) is 32.6 Å². The van der Waals surface area contributed by atoms with Gasteiger partial charge in [-0.15, -0.1) is 0 Å². The van der Waals surface area contributed by atoms with Gasteiger partial charge < -0.3 is 15.0 Å². The van der Waals surface area contributed by atoms with Gasteiger partial charge in [-0.05, 0) is 55.7 Å². The number of rotatable bonds is 12. The molecule has 0 aliphatic carbocycles. The molecule has 0 fully saturated rings. The van der Waals surface area contributed by atoms with E-state index in [1.165, 1.54) is 12.0 Å². The molecule has 0 bridgehead atoms. The molecule has 0 unspecified atom stereocenters. The Bertz CT molecular complexity index is 1430. The van der Waals surface area contributed by atoms with Crippen molar-refractivity contribution in [3.05, 3.63) is 94.5 Å². The zero-order valence-electron chi connectivity index (χ0n) is 23.4. The molecule has 1 atom stereocenters. The van der Waals surface area contributed by atoms with Gasteiger partial charge in [-0.25, -0.2) is 8.42 Å². The number of sulfonamides is 1. The predicted molar refractivity (Wildman–Crippen MR) is 159 cm³/mol. The summed E-state index contributed by atoms with van der Waals surface area (Å²) in [6.45, 7) is 4.97. The van der Waals surface area contributed by atoms with Gasteiger partial charge in [-0.2, -0.15) is 0 Å². The summed E-state index contributed by atoms with van der Waals surface area (Å²) < 4.78 is 32.5. The molecular formula is C30H36ClN3O5S. The SMILES string of the molecule is COc1ccc(C)cc1N(CC(=O)N(Cc1ccccc1Cl)[C@@H](Cc1ccccc1)C(=O)NC(C)C)S(C)(=O)=O. The van der Waals surface area contributed by atoms with E-state index in [9.17, 15) is 18.0 Å². The molecule has 3 rings (SSSR count). The number of aryl methyl sites for hydroxylation is 1. The van der Waals surface area contributed by atoms with Gasteiger partial charge >= 0.3 is 0 Å². The van der Waals surface area contributed by atoms with E-state index in [1.54, 1.807) is 42.5 Å². The summed E-state index contributed by atoms with van der Waals surface area (Å²) in [7, 11) is -2.48. The zero-order chi connectivity index (χ0) is 29.4. The molecule has 0 aliphatic heterocycles. The molecule has 0 saturated heterocycles. The smallest absolute Gasteiger partial charge is 0.244 e. The lowest BCUT2D eigenvalue weighted by Gasteiger charge is -2.34. The van der Waals surface area contributed by atoms with Crippen LogP contribution in [0, 0.1) is 6.92 Å². The van der Waals surface area contributed by atoms with E-state index >= 15 is 0 Å². The number of anilines is 1. The van der Waals surface area contributed by atoms with Crippen LogP contribution in [0.2, 0.25) is 5.02 Å². The van der Waals surface area contributed by atoms with Gasteiger partial charge in [-0.3, -0.25) is 13.9 Å². The molecular weight excluding hydrogens is 550 g/mol. The summed E-state index contributed by atoms with van der Waals surface area (Å²) in [6.07, 6.45) is 1.26. The Morgan fingerprint density at radius 2 is 1.65 bits per heavy atom. The van der Waals surface area contributed by atoms with Gasteiger partial charge in [-0.1, -0.05) is 66.2 Å². The molecule has 0 aromatic heterocycles. The molecule has 0 radical (unpaired) electrons. The Labute approximate surface area is 241 Å². The summed E-state index contributed by atoms with van der Waals surface area (Å²) in [5.41, 5.74) is 2.51. The summed E-state index contributed by atoms with van der Waals surface area (Å²) in [5, 5.41) is 3.36. The quantitative estimate of drug-likeness (QED) is 0.335. The second kappa shape index (κ2) is 13.7. The van der Waals surface area contributed by atoms with Crippen LogP contribution in [0.15, 0.2) is 72.8 Å². The molecule has 2 amide bonds. The van der Waals surface area contributed by atoms with Crippen LogP contribution in [0.3, 0.4) is 0 Å². The Hall–Kier alpha value is -3.56. The molecule has 0 aliphatic rings. The third kappa shape index (κ3) is 8.22. The van der Waals surface area contributed by atoms with Crippen molar-refractivity contribution in [2.45, 2.75) is 45.8 Å². The van der Waals surface area contributed by atoms with Crippen LogP contribution in [0.25, 0.3) is 0 Å². The molecule has 1 N–H and O–H groups in total. The minimum Gasteiger partial charge on any atom is -0.495 e. The lowest BCUT2D eigenvalue weighted by Crippen LogP contribution is -2.54. The number of ether oxygens (including phenoxy) is 1. The molecule has 3 aromatic carbocycles. The molecule has 3 aromatic rings. The molecule has 214 valence electrons. The number of hydrogen-bond donors (Lipinski definition) is 1. The Balaban J connectivity index is 2.11. The molecule has 8 nitrogen and oxygen atoms in total. The van der Waals surface area contributed by atoms with Crippen LogP contribution in [0.1, 0.15) is 30.5 Å². The summed E-state index contributed by atoms with van der Waals surface area (Å²) in [4.78, 5) is 29.1. The van der Waals surface area contributed by atoms with Crippen molar-refractivity contribution in [2.24, 2.45) is 0 Å². The van der Waals surface area contributed by atoms with E-state index in [0.717, 1.165) is 21.7 Å². The number of nitrogens with one attached hydrogen (secondary N) is 1. The summed E-state index contributed by atoms with van der Waals surface area (Å²) >= 11 is 6.47. The van der Waals surface area contributed by atoms with E-state index in [-0.39, 0.29) is 30.6 Å². The minimum atomic E-state index is -3.92. The van der Waals surface area contributed by atoms with E-state index < -0.39 is 28.5 Å². The zero-order valence-corrected chi connectivity index (χ0v) is 25.0. The first-order valence-electron chi connectivity index (χ1n) is 12.9. The van der Waals surface area contributed by atoms with Crippen molar-refractivity contribution in [3.63, 3.8) is 0 Å². The van der Waals surface area contributed by atoms with Gasteiger partial charge in [0.1, 0.15) is 18.3 Å². The number of amides is 2. The highest BCUT2D eigenvalue weighted by Crippen LogP contribution is 2.31. The molecule has 0 saturated carbocycles. The summed E-state index contributed by atoms with van der Waals surface area (Å²) in [5.74, 6) is -0.605. The molecule has 0 spiro atoms. The fourth-order valence-electron chi connectivity index (χ4n) is 4.33. The van der Waals surface area contributed by atoms with Crippen molar-refractivity contribution in [2.75, 3.05) is 24.2 Å². The second-order valence-electron chi connectivity index (χ2n) is 9.93. The largest absolute Gasteiger partial charge is 0.495 e. The Kier molecular flexibility index (Phi) is 10.6. The number of carbonyl (C=O) groups excluding carboxylic acids is 2.